The Labute approximate surface area is 159 Å². The van der Waals surface area contributed by atoms with Crippen molar-refractivity contribution < 1.29 is 19.1 Å². The van der Waals surface area contributed by atoms with Crippen LogP contribution in [0.2, 0.25) is 10.0 Å². The largest absolute Gasteiger partial charge is 0.466 e. The molecule has 0 spiro atoms. The summed E-state index contributed by atoms with van der Waals surface area (Å²) in [6.07, 6.45) is 7.34. The summed E-state index contributed by atoms with van der Waals surface area (Å²) in [5.41, 5.74) is 0. The van der Waals surface area contributed by atoms with E-state index in [-0.39, 0.29) is 17.7 Å². The van der Waals surface area contributed by atoms with Gasteiger partial charge in [0.2, 0.25) is 0 Å². The zero-order valence-electron chi connectivity index (χ0n) is 14.7. The van der Waals surface area contributed by atoms with Crippen LogP contribution in [-0.2, 0) is 14.3 Å². The first-order chi connectivity index (χ1) is 12.0. The lowest BCUT2D eigenvalue weighted by Gasteiger charge is -2.08. The molecule has 0 amide bonds. The summed E-state index contributed by atoms with van der Waals surface area (Å²) in [5.74, 6) is -0.206. The Morgan fingerprint density at radius 3 is 1.96 bits per heavy atom. The third-order valence-corrected chi connectivity index (χ3v) is 4.21. The van der Waals surface area contributed by atoms with Crippen molar-refractivity contribution in [3.8, 4) is 5.75 Å². The maximum Gasteiger partial charge on any atom is 0.311 e. The minimum atomic E-state index is -0.325. The minimum absolute atomic E-state index is 0.108. The van der Waals surface area contributed by atoms with E-state index >= 15 is 0 Å². The summed E-state index contributed by atoms with van der Waals surface area (Å²) < 4.78 is 10.2. The molecule has 0 N–H and O–H groups in total. The summed E-state index contributed by atoms with van der Waals surface area (Å²) in [6, 6.07) is 4.97. The summed E-state index contributed by atoms with van der Waals surface area (Å²) >= 11 is 11.9. The van der Waals surface area contributed by atoms with Crippen LogP contribution in [0.15, 0.2) is 18.2 Å². The smallest absolute Gasteiger partial charge is 0.311 e. The summed E-state index contributed by atoms with van der Waals surface area (Å²) in [7, 11) is 0. The molecule has 140 valence electrons. The standard InChI is InChI=1S/C19H26Cl2O4/c1-2-14-24-17(22)12-7-5-3-4-6-8-13-18(23)25-19-15(20)10-9-11-16(19)21/h9-11H,2-8,12-14H2,1H3. The predicted octanol–water partition coefficient (Wildman–Crippen LogP) is 5.97. The number of halogens is 2. The lowest BCUT2D eigenvalue weighted by molar-refractivity contribution is -0.143. The fraction of sp³-hybridized carbons (Fsp3) is 0.579. The molecular weight excluding hydrogens is 363 g/mol. The Hall–Kier alpha value is -1.26. The van der Waals surface area contributed by atoms with E-state index in [1.807, 2.05) is 6.92 Å². The molecule has 6 heteroatoms. The molecule has 0 fully saturated rings. The maximum absolute atomic E-state index is 11.8. The SMILES string of the molecule is CCCOC(=O)CCCCCCCCC(=O)Oc1c(Cl)cccc1Cl. The molecule has 0 atom stereocenters. The Morgan fingerprint density at radius 2 is 1.40 bits per heavy atom. The van der Waals surface area contributed by atoms with E-state index in [9.17, 15) is 9.59 Å². The van der Waals surface area contributed by atoms with Gasteiger partial charge in [-0.15, -0.1) is 0 Å². The number of benzene rings is 1. The van der Waals surface area contributed by atoms with Crippen molar-refractivity contribution in [1.29, 1.82) is 0 Å². The molecule has 0 bridgehead atoms. The molecule has 25 heavy (non-hydrogen) atoms. The molecule has 0 heterocycles. The van der Waals surface area contributed by atoms with Gasteiger partial charge >= 0.3 is 11.9 Å². The Balaban J connectivity index is 2.04. The van der Waals surface area contributed by atoms with E-state index in [0.717, 1.165) is 44.9 Å². The number of para-hydroxylation sites is 1. The average molecular weight is 389 g/mol. The van der Waals surface area contributed by atoms with E-state index in [1.54, 1.807) is 18.2 Å². The zero-order valence-corrected chi connectivity index (χ0v) is 16.2. The van der Waals surface area contributed by atoms with Crippen LogP contribution >= 0.6 is 23.2 Å². The van der Waals surface area contributed by atoms with E-state index in [0.29, 0.717) is 29.5 Å². The van der Waals surface area contributed by atoms with Gasteiger partial charge in [0.25, 0.3) is 0 Å². The van der Waals surface area contributed by atoms with E-state index in [4.69, 9.17) is 32.7 Å². The first-order valence-corrected chi connectivity index (χ1v) is 9.60. The third-order valence-electron chi connectivity index (χ3n) is 3.61. The van der Waals surface area contributed by atoms with Crippen molar-refractivity contribution in [2.24, 2.45) is 0 Å². The molecule has 0 saturated heterocycles. The van der Waals surface area contributed by atoms with Gasteiger partial charge in [-0.25, -0.2) is 0 Å². The molecular formula is C19H26Cl2O4. The van der Waals surface area contributed by atoms with Gasteiger partial charge in [0.15, 0.2) is 5.75 Å². The Bertz CT molecular complexity index is 526. The van der Waals surface area contributed by atoms with Gasteiger partial charge in [0, 0.05) is 12.8 Å². The molecule has 0 saturated carbocycles. The fourth-order valence-corrected chi connectivity index (χ4v) is 2.75. The zero-order chi connectivity index (χ0) is 18.5. The molecule has 0 aliphatic rings. The number of ether oxygens (including phenoxy) is 2. The van der Waals surface area contributed by atoms with Crippen molar-refractivity contribution in [3.63, 3.8) is 0 Å². The highest BCUT2D eigenvalue weighted by molar-refractivity contribution is 6.37. The highest BCUT2D eigenvalue weighted by Crippen LogP contribution is 2.32. The summed E-state index contributed by atoms with van der Waals surface area (Å²) in [4.78, 5) is 23.1. The normalized spacial score (nSPS) is 10.5. The molecule has 1 aromatic carbocycles. The van der Waals surface area contributed by atoms with Crippen LogP contribution in [0.3, 0.4) is 0 Å². The van der Waals surface area contributed by atoms with Crippen LogP contribution in [0.4, 0.5) is 0 Å². The van der Waals surface area contributed by atoms with Gasteiger partial charge in [-0.2, -0.15) is 0 Å². The predicted molar refractivity (Wildman–Crippen MR) is 100 cm³/mol. The number of rotatable bonds is 12. The van der Waals surface area contributed by atoms with Crippen molar-refractivity contribution in [1.82, 2.24) is 0 Å². The van der Waals surface area contributed by atoms with Crippen LogP contribution in [0.1, 0.15) is 64.7 Å². The first-order valence-electron chi connectivity index (χ1n) is 8.85. The van der Waals surface area contributed by atoms with E-state index < -0.39 is 0 Å². The monoisotopic (exact) mass is 388 g/mol. The lowest BCUT2D eigenvalue weighted by Crippen LogP contribution is -2.08. The van der Waals surface area contributed by atoms with E-state index in [2.05, 4.69) is 0 Å². The Morgan fingerprint density at radius 1 is 0.880 bits per heavy atom. The van der Waals surface area contributed by atoms with Crippen LogP contribution in [0.25, 0.3) is 0 Å². The van der Waals surface area contributed by atoms with Gasteiger partial charge in [0.1, 0.15) is 0 Å². The van der Waals surface area contributed by atoms with Gasteiger partial charge in [-0.3, -0.25) is 9.59 Å². The number of unbranched alkanes of at least 4 members (excludes halogenated alkanes) is 5. The number of hydrogen-bond donors (Lipinski definition) is 0. The molecule has 0 aliphatic carbocycles. The lowest BCUT2D eigenvalue weighted by atomic mass is 10.1. The molecule has 1 aromatic rings. The van der Waals surface area contributed by atoms with Crippen molar-refractivity contribution in [2.75, 3.05) is 6.61 Å². The third kappa shape index (κ3) is 9.71. The quantitative estimate of drug-likeness (QED) is 0.251. The number of carbonyl (C=O) groups is 2. The molecule has 0 aliphatic heterocycles. The second-order valence-electron chi connectivity index (χ2n) is 5.87. The van der Waals surface area contributed by atoms with E-state index in [1.165, 1.54) is 0 Å². The van der Waals surface area contributed by atoms with Gasteiger partial charge in [-0.05, 0) is 31.4 Å². The van der Waals surface area contributed by atoms with Crippen molar-refractivity contribution in [2.45, 2.75) is 64.7 Å². The minimum Gasteiger partial charge on any atom is -0.466 e. The van der Waals surface area contributed by atoms with Crippen LogP contribution < -0.4 is 4.74 Å². The van der Waals surface area contributed by atoms with Crippen LogP contribution in [0.5, 0.6) is 5.75 Å². The number of esters is 2. The topological polar surface area (TPSA) is 52.6 Å². The van der Waals surface area contributed by atoms with Crippen LogP contribution in [0, 0.1) is 0 Å². The van der Waals surface area contributed by atoms with Gasteiger partial charge < -0.3 is 9.47 Å². The van der Waals surface area contributed by atoms with Crippen molar-refractivity contribution in [3.05, 3.63) is 28.2 Å². The summed E-state index contributed by atoms with van der Waals surface area (Å²) in [6.45, 7) is 2.49. The maximum atomic E-state index is 11.8. The first kappa shape index (κ1) is 21.8. The molecule has 0 radical (unpaired) electrons. The number of carbonyl (C=O) groups excluding carboxylic acids is 2. The molecule has 1 rings (SSSR count). The average Bonchev–Trinajstić information content (AvgIpc) is 2.58. The van der Waals surface area contributed by atoms with Gasteiger partial charge in [0.05, 0.1) is 16.7 Å². The molecule has 0 aromatic heterocycles. The van der Waals surface area contributed by atoms with Gasteiger partial charge in [-0.1, -0.05) is 61.9 Å². The van der Waals surface area contributed by atoms with Crippen LogP contribution in [-0.4, -0.2) is 18.5 Å². The van der Waals surface area contributed by atoms with Crippen molar-refractivity contribution >= 4 is 35.1 Å². The molecule has 4 nitrogen and oxygen atoms in total. The second kappa shape index (κ2) is 13.0. The number of hydrogen-bond acceptors (Lipinski definition) is 4. The second-order valence-corrected chi connectivity index (χ2v) is 6.68. The highest BCUT2D eigenvalue weighted by Gasteiger charge is 2.11. The molecule has 0 unspecified atom stereocenters. The summed E-state index contributed by atoms with van der Waals surface area (Å²) in [5, 5.41) is 0.664. The Kier molecular flexibility index (Phi) is 11.3. The fourth-order valence-electron chi connectivity index (χ4n) is 2.28. The highest BCUT2D eigenvalue weighted by atomic mass is 35.5.